The lowest BCUT2D eigenvalue weighted by molar-refractivity contribution is 0.219. The number of nitrogens with one attached hydrogen (secondary N) is 1. The molecule has 1 aromatic heterocycles. The molecule has 100 valence electrons. The Hall–Kier alpha value is -2.22. The summed E-state index contributed by atoms with van der Waals surface area (Å²) < 4.78 is 6.01. The van der Waals surface area contributed by atoms with Crippen molar-refractivity contribution in [1.29, 1.82) is 0 Å². The number of hydrogen-bond donors (Lipinski definition) is 1. The molecule has 1 aliphatic heterocycles. The first-order valence-corrected chi connectivity index (χ1v) is 7.13. The zero-order valence-electron chi connectivity index (χ0n) is 11.5. The number of aromatic nitrogens is 1. The van der Waals surface area contributed by atoms with Crippen molar-refractivity contribution in [2.75, 3.05) is 6.61 Å². The van der Waals surface area contributed by atoms with E-state index in [0.717, 1.165) is 17.9 Å². The molecule has 0 fully saturated rings. The Morgan fingerprint density at radius 3 is 2.60 bits per heavy atom. The average molecular weight is 263 g/mol. The number of ether oxygens (including phenoxy) is 1. The van der Waals surface area contributed by atoms with E-state index in [2.05, 4.69) is 66.5 Å². The van der Waals surface area contributed by atoms with Crippen LogP contribution in [0.3, 0.4) is 0 Å². The molecule has 0 spiro atoms. The van der Waals surface area contributed by atoms with Gasteiger partial charge in [-0.2, -0.15) is 0 Å². The second-order valence-electron chi connectivity index (χ2n) is 5.59. The molecule has 2 atom stereocenters. The summed E-state index contributed by atoms with van der Waals surface area (Å²) in [6, 6.07) is 19.1. The lowest BCUT2D eigenvalue weighted by Gasteiger charge is -2.29. The van der Waals surface area contributed by atoms with Crippen LogP contribution in [0.15, 0.2) is 54.6 Å². The summed E-state index contributed by atoms with van der Waals surface area (Å²) >= 11 is 0. The van der Waals surface area contributed by atoms with E-state index in [9.17, 15) is 0 Å². The van der Waals surface area contributed by atoms with Crippen molar-refractivity contribution < 1.29 is 4.74 Å². The van der Waals surface area contributed by atoms with E-state index in [1.54, 1.807) is 0 Å². The monoisotopic (exact) mass is 263 g/mol. The molecule has 2 heteroatoms. The number of H-pyrrole nitrogens is 1. The molecule has 2 aromatic carbocycles. The highest BCUT2D eigenvalue weighted by Gasteiger charge is 2.32. The Morgan fingerprint density at radius 2 is 1.75 bits per heavy atom. The molecule has 1 N–H and O–H groups in total. The zero-order chi connectivity index (χ0) is 13.5. The van der Waals surface area contributed by atoms with Gasteiger partial charge >= 0.3 is 0 Å². The Bertz CT molecular complexity index is 744. The second kappa shape index (κ2) is 4.41. The Balaban J connectivity index is 1.94. The highest BCUT2D eigenvalue weighted by molar-refractivity contribution is 5.88. The Morgan fingerprint density at radius 1 is 1.00 bits per heavy atom. The van der Waals surface area contributed by atoms with Crippen LogP contribution in [0.1, 0.15) is 24.1 Å². The predicted octanol–water partition coefficient (Wildman–Crippen LogP) is 4.33. The summed E-state index contributed by atoms with van der Waals surface area (Å²) in [4.78, 5) is 3.57. The van der Waals surface area contributed by atoms with Crippen LogP contribution in [-0.2, 0) is 0 Å². The molecule has 2 heterocycles. The molecule has 0 unspecified atom stereocenters. The number of para-hydroxylation sites is 1. The maximum Gasteiger partial charge on any atom is 0.148 e. The van der Waals surface area contributed by atoms with E-state index in [4.69, 9.17) is 4.74 Å². The number of rotatable bonds is 1. The number of fused-ring (bicyclic) bond motifs is 3. The van der Waals surface area contributed by atoms with Crippen molar-refractivity contribution in [2.24, 2.45) is 5.92 Å². The molecule has 0 saturated carbocycles. The topological polar surface area (TPSA) is 25.0 Å². The first kappa shape index (κ1) is 11.6. The van der Waals surface area contributed by atoms with Gasteiger partial charge in [-0.1, -0.05) is 49.4 Å². The van der Waals surface area contributed by atoms with Gasteiger partial charge in [-0.15, -0.1) is 0 Å². The molecule has 0 saturated heterocycles. The van der Waals surface area contributed by atoms with Gasteiger partial charge in [-0.3, -0.25) is 0 Å². The fraction of sp³-hybridized carbons (Fsp3) is 0.222. The van der Waals surface area contributed by atoms with E-state index in [0.29, 0.717) is 11.8 Å². The molecule has 0 radical (unpaired) electrons. The van der Waals surface area contributed by atoms with Crippen LogP contribution in [0.4, 0.5) is 0 Å². The fourth-order valence-electron chi connectivity index (χ4n) is 3.26. The molecule has 0 aliphatic carbocycles. The van der Waals surface area contributed by atoms with Gasteiger partial charge < -0.3 is 9.72 Å². The second-order valence-corrected chi connectivity index (χ2v) is 5.59. The van der Waals surface area contributed by atoms with Crippen molar-refractivity contribution in [1.82, 2.24) is 4.98 Å². The minimum Gasteiger partial charge on any atom is -0.491 e. The molecule has 2 nitrogen and oxygen atoms in total. The standard InChI is InChI=1S/C18H17NO/c1-12-11-20-18-14-9-5-6-10-15(14)19-17(18)16(12)13-7-3-2-4-8-13/h2-10,12,16,19H,11H2,1H3/t12-,16-/m0/s1. The van der Waals surface area contributed by atoms with Crippen LogP contribution < -0.4 is 4.74 Å². The van der Waals surface area contributed by atoms with Crippen LogP contribution >= 0.6 is 0 Å². The molecule has 0 bridgehead atoms. The third kappa shape index (κ3) is 1.64. The fourth-order valence-corrected chi connectivity index (χ4v) is 3.26. The van der Waals surface area contributed by atoms with Crippen molar-refractivity contribution in [3.8, 4) is 5.75 Å². The van der Waals surface area contributed by atoms with E-state index in [1.165, 1.54) is 16.6 Å². The summed E-state index contributed by atoms with van der Waals surface area (Å²) in [6.07, 6.45) is 0. The van der Waals surface area contributed by atoms with E-state index >= 15 is 0 Å². The summed E-state index contributed by atoms with van der Waals surface area (Å²) in [6.45, 7) is 3.03. The van der Waals surface area contributed by atoms with Gasteiger partial charge in [0.2, 0.25) is 0 Å². The predicted molar refractivity (Wildman–Crippen MR) is 81.2 cm³/mol. The third-order valence-electron chi connectivity index (χ3n) is 4.21. The number of benzene rings is 2. The normalized spacial score (nSPS) is 21.4. The molecule has 4 rings (SSSR count). The highest BCUT2D eigenvalue weighted by Crippen LogP contribution is 2.44. The zero-order valence-corrected chi connectivity index (χ0v) is 11.5. The minimum absolute atomic E-state index is 0.382. The van der Waals surface area contributed by atoms with E-state index < -0.39 is 0 Å². The largest absolute Gasteiger partial charge is 0.491 e. The quantitative estimate of drug-likeness (QED) is 0.694. The maximum atomic E-state index is 6.01. The molecular weight excluding hydrogens is 246 g/mol. The van der Waals surface area contributed by atoms with Crippen LogP contribution in [0.25, 0.3) is 10.9 Å². The first-order valence-electron chi connectivity index (χ1n) is 7.13. The van der Waals surface area contributed by atoms with Gasteiger partial charge in [0.25, 0.3) is 0 Å². The lowest BCUT2D eigenvalue weighted by Crippen LogP contribution is -2.24. The molecule has 0 amide bonds. The SMILES string of the molecule is C[C@H]1COc2c([nH]c3ccccc23)[C@@H]1c1ccccc1. The average Bonchev–Trinajstić information content (AvgIpc) is 2.86. The smallest absolute Gasteiger partial charge is 0.148 e. The van der Waals surface area contributed by atoms with Crippen molar-refractivity contribution in [3.05, 3.63) is 65.9 Å². The Kier molecular flexibility index (Phi) is 2.56. The summed E-state index contributed by atoms with van der Waals surface area (Å²) in [5, 5.41) is 1.19. The molecule has 20 heavy (non-hydrogen) atoms. The van der Waals surface area contributed by atoms with Crippen molar-refractivity contribution >= 4 is 10.9 Å². The molecular formula is C18H17NO. The van der Waals surface area contributed by atoms with Crippen LogP contribution in [-0.4, -0.2) is 11.6 Å². The number of aromatic amines is 1. The van der Waals surface area contributed by atoms with Gasteiger partial charge in [0.05, 0.1) is 12.3 Å². The summed E-state index contributed by atoms with van der Waals surface area (Å²) in [5.74, 6) is 1.89. The van der Waals surface area contributed by atoms with Gasteiger partial charge in [0.15, 0.2) is 0 Å². The number of hydrogen-bond acceptors (Lipinski definition) is 1. The van der Waals surface area contributed by atoms with E-state index in [-0.39, 0.29) is 0 Å². The van der Waals surface area contributed by atoms with E-state index in [1.807, 2.05) is 0 Å². The van der Waals surface area contributed by atoms with Crippen molar-refractivity contribution in [2.45, 2.75) is 12.8 Å². The Labute approximate surface area is 118 Å². The first-order chi connectivity index (χ1) is 9.84. The lowest BCUT2D eigenvalue weighted by atomic mass is 9.83. The molecule has 3 aromatic rings. The van der Waals surface area contributed by atoms with Gasteiger partial charge in [0, 0.05) is 22.7 Å². The third-order valence-corrected chi connectivity index (χ3v) is 4.21. The van der Waals surface area contributed by atoms with Gasteiger partial charge in [-0.25, -0.2) is 0 Å². The summed E-state index contributed by atoms with van der Waals surface area (Å²) in [5.41, 5.74) is 3.74. The van der Waals surface area contributed by atoms with Crippen LogP contribution in [0, 0.1) is 5.92 Å². The van der Waals surface area contributed by atoms with Crippen LogP contribution in [0.2, 0.25) is 0 Å². The molecule has 1 aliphatic rings. The maximum absolute atomic E-state index is 6.01. The summed E-state index contributed by atoms with van der Waals surface area (Å²) in [7, 11) is 0. The minimum atomic E-state index is 0.382. The van der Waals surface area contributed by atoms with Gasteiger partial charge in [0.1, 0.15) is 5.75 Å². The van der Waals surface area contributed by atoms with Gasteiger partial charge in [-0.05, 0) is 17.7 Å². The van der Waals surface area contributed by atoms with Crippen LogP contribution in [0.5, 0.6) is 5.75 Å². The highest BCUT2D eigenvalue weighted by atomic mass is 16.5. The van der Waals surface area contributed by atoms with Crippen molar-refractivity contribution in [3.63, 3.8) is 0 Å².